The van der Waals surface area contributed by atoms with E-state index in [0.717, 1.165) is 48.0 Å². The minimum Gasteiger partial charge on any atom is -0.506 e. The topological polar surface area (TPSA) is 107 Å². The maximum Gasteiger partial charge on any atom is 0.345 e. The third kappa shape index (κ3) is 4.55. The van der Waals surface area contributed by atoms with E-state index in [1.54, 1.807) is 0 Å². The maximum atomic E-state index is 12.4. The lowest BCUT2D eigenvalue weighted by Crippen LogP contribution is -2.20. The average Bonchev–Trinajstić information content (AvgIpc) is 2.96. The fourth-order valence-electron chi connectivity index (χ4n) is 4.92. The molecule has 2 aromatic heterocycles. The number of hydrogen-bond donors (Lipinski definition) is 4. The molecule has 33 heavy (non-hydrogen) atoms. The molecule has 0 spiro atoms. The van der Waals surface area contributed by atoms with Crippen molar-refractivity contribution in [3.05, 3.63) is 50.9 Å². The van der Waals surface area contributed by atoms with Crippen molar-refractivity contribution < 1.29 is 15.0 Å². The second kappa shape index (κ2) is 9.83. The van der Waals surface area contributed by atoms with E-state index in [4.69, 9.17) is 0 Å². The molecule has 0 saturated carbocycles. The summed E-state index contributed by atoms with van der Waals surface area (Å²) in [4.78, 5) is 26.6. The van der Waals surface area contributed by atoms with Crippen LogP contribution in [0.25, 0.3) is 22.2 Å². The number of aromatic amines is 1. The minimum atomic E-state index is -1.41. The lowest BCUT2D eigenvalue weighted by molar-refractivity contribution is 0.0691. The van der Waals surface area contributed by atoms with Crippen molar-refractivity contribution in [2.45, 2.75) is 64.8 Å². The molecule has 0 bridgehead atoms. The van der Waals surface area contributed by atoms with E-state index in [1.807, 2.05) is 0 Å². The number of aromatic carboxylic acids is 1. The van der Waals surface area contributed by atoms with Gasteiger partial charge in [0.1, 0.15) is 5.75 Å². The molecular weight excluding hydrogens is 418 g/mol. The predicted molar refractivity (Wildman–Crippen MR) is 130 cm³/mol. The SMILES string of the molecule is CCCCCCCNCc1cc2cc3c(cc2n1C)CCCc1c-3[nH]c(=O)c(C(=O)O)c1O. The number of nitrogens with one attached hydrogen (secondary N) is 2. The van der Waals surface area contributed by atoms with Gasteiger partial charge in [0.2, 0.25) is 0 Å². The second-order valence-electron chi connectivity index (χ2n) is 9.04. The molecule has 176 valence electrons. The Morgan fingerprint density at radius 1 is 1.15 bits per heavy atom. The summed E-state index contributed by atoms with van der Waals surface area (Å²) < 4.78 is 2.21. The average molecular weight is 452 g/mol. The highest BCUT2D eigenvalue weighted by Gasteiger charge is 2.26. The molecule has 1 aromatic carbocycles. The Bertz CT molecular complexity index is 1240. The molecule has 7 heteroatoms. The zero-order valence-electron chi connectivity index (χ0n) is 19.5. The molecule has 0 fully saturated rings. The number of rotatable bonds is 9. The van der Waals surface area contributed by atoms with Crippen LogP contribution in [0, 0.1) is 0 Å². The van der Waals surface area contributed by atoms with Crippen molar-refractivity contribution in [2.75, 3.05) is 6.54 Å². The van der Waals surface area contributed by atoms with Gasteiger partial charge in [-0.3, -0.25) is 4.79 Å². The van der Waals surface area contributed by atoms with E-state index < -0.39 is 22.8 Å². The predicted octanol–water partition coefficient (Wildman–Crippen LogP) is 4.49. The summed E-state index contributed by atoms with van der Waals surface area (Å²) in [6.07, 6.45) is 8.37. The van der Waals surface area contributed by atoms with Crippen molar-refractivity contribution in [3.63, 3.8) is 0 Å². The number of carbonyl (C=O) groups is 1. The molecule has 3 aromatic rings. The molecular formula is C26H33N3O4. The summed E-state index contributed by atoms with van der Waals surface area (Å²) >= 11 is 0. The number of unbranched alkanes of at least 4 members (excludes halogenated alkanes) is 4. The Morgan fingerprint density at radius 3 is 2.70 bits per heavy atom. The third-order valence-electron chi connectivity index (χ3n) is 6.78. The van der Waals surface area contributed by atoms with E-state index in [0.29, 0.717) is 17.7 Å². The van der Waals surface area contributed by atoms with E-state index in [2.05, 4.69) is 47.0 Å². The number of nitrogens with zero attached hydrogens (tertiary/aromatic N) is 1. The number of H-pyrrole nitrogens is 1. The molecule has 1 aliphatic carbocycles. The first-order valence-corrected chi connectivity index (χ1v) is 12.0. The molecule has 0 unspecified atom stereocenters. The quantitative estimate of drug-likeness (QED) is 0.359. The van der Waals surface area contributed by atoms with Crippen LogP contribution in [0.15, 0.2) is 23.0 Å². The van der Waals surface area contributed by atoms with Gasteiger partial charge in [-0.2, -0.15) is 0 Å². The summed E-state index contributed by atoms with van der Waals surface area (Å²) in [6, 6.07) is 6.38. The number of fused-ring (bicyclic) bond motifs is 4. The van der Waals surface area contributed by atoms with Crippen LogP contribution in [0.1, 0.15) is 72.6 Å². The van der Waals surface area contributed by atoms with E-state index in [-0.39, 0.29) is 0 Å². The lowest BCUT2D eigenvalue weighted by Gasteiger charge is -2.13. The number of aromatic nitrogens is 2. The summed E-state index contributed by atoms with van der Waals surface area (Å²) in [5.41, 5.74) is 3.96. The number of aromatic hydroxyl groups is 1. The molecule has 2 heterocycles. The van der Waals surface area contributed by atoms with Gasteiger partial charge in [0.25, 0.3) is 5.56 Å². The normalized spacial score (nSPS) is 13.0. The zero-order valence-corrected chi connectivity index (χ0v) is 19.5. The Hall–Kier alpha value is -3.06. The van der Waals surface area contributed by atoms with E-state index >= 15 is 0 Å². The van der Waals surface area contributed by atoms with Gasteiger partial charge in [-0.05, 0) is 56.0 Å². The van der Waals surface area contributed by atoms with Crippen LogP contribution < -0.4 is 10.9 Å². The fourth-order valence-corrected chi connectivity index (χ4v) is 4.92. The minimum absolute atomic E-state index is 0.411. The Morgan fingerprint density at radius 2 is 1.94 bits per heavy atom. The first-order valence-electron chi connectivity index (χ1n) is 12.0. The van der Waals surface area contributed by atoms with Crippen molar-refractivity contribution in [3.8, 4) is 17.0 Å². The Kier molecular flexibility index (Phi) is 6.88. The van der Waals surface area contributed by atoms with Crippen LogP contribution >= 0.6 is 0 Å². The number of benzene rings is 1. The summed E-state index contributed by atoms with van der Waals surface area (Å²) in [5.74, 6) is -1.83. The van der Waals surface area contributed by atoms with E-state index in [1.165, 1.54) is 37.8 Å². The number of hydrogen-bond acceptors (Lipinski definition) is 4. The summed E-state index contributed by atoms with van der Waals surface area (Å²) in [6.45, 7) is 4.02. The van der Waals surface area contributed by atoms with Gasteiger partial charge >= 0.3 is 5.97 Å². The number of carboxylic acid groups (broad SMARTS) is 1. The van der Waals surface area contributed by atoms with Crippen molar-refractivity contribution >= 4 is 16.9 Å². The van der Waals surface area contributed by atoms with E-state index in [9.17, 15) is 19.8 Å². The maximum absolute atomic E-state index is 12.4. The largest absolute Gasteiger partial charge is 0.506 e. The highest BCUT2D eigenvalue weighted by atomic mass is 16.4. The van der Waals surface area contributed by atoms with Gasteiger partial charge in [0, 0.05) is 41.3 Å². The number of carboxylic acids is 1. The Balaban J connectivity index is 1.64. The first kappa shape index (κ1) is 23.1. The standard InChI is InChI=1S/C26H33N3O4/c1-3-4-5-6-7-11-27-15-18-12-17-13-20-16(14-21(17)29(18)2)9-8-10-19-23(20)28-25(31)22(24(19)30)26(32)33/h12-14,27H,3-11,15H2,1-2H3,(H,32,33)(H2,28,30,31). The molecule has 0 amide bonds. The third-order valence-corrected chi connectivity index (χ3v) is 6.78. The molecule has 0 radical (unpaired) electrons. The van der Waals surface area contributed by atoms with Gasteiger partial charge in [0.15, 0.2) is 5.56 Å². The molecule has 1 aliphatic rings. The van der Waals surface area contributed by atoms with Gasteiger partial charge in [-0.1, -0.05) is 32.6 Å². The Labute approximate surface area is 193 Å². The molecule has 0 atom stereocenters. The first-order chi connectivity index (χ1) is 15.9. The molecule has 4 rings (SSSR count). The highest BCUT2D eigenvalue weighted by Crippen LogP contribution is 2.38. The molecule has 7 nitrogen and oxygen atoms in total. The monoisotopic (exact) mass is 451 g/mol. The van der Waals surface area contributed by atoms with Crippen LogP contribution in [0.2, 0.25) is 0 Å². The van der Waals surface area contributed by atoms with Crippen molar-refractivity contribution in [1.29, 1.82) is 0 Å². The second-order valence-corrected chi connectivity index (χ2v) is 9.04. The lowest BCUT2D eigenvalue weighted by atomic mass is 9.98. The zero-order chi connectivity index (χ0) is 23.5. The van der Waals surface area contributed by atoms with Crippen LogP contribution in [-0.2, 0) is 26.4 Å². The summed E-state index contributed by atoms with van der Waals surface area (Å²) in [7, 11) is 2.07. The van der Waals surface area contributed by atoms with Crippen LogP contribution in [-0.4, -0.2) is 32.3 Å². The summed E-state index contributed by atoms with van der Waals surface area (Å²) in [5, 5.41) is 24.5. The van der Waals surface area contributed by atoms with Crippen LogP contribution in [0.4, 0.5) is 0 Å². The molecule has 0 saturated heterocycles. The fraction of sp³-hybridized carbons (Fsp3) is 0.462. The van der Waals surface area contributed by atoms with Gasteiger partial charge in [-0.25, -0.2) is 4.79 Å². The molecule has 0 aliphatic heterocycles. The smallest absolute Gasteiger partial charge is 0.345 e. The number of aryl methyl sites for hydroxylation is 2. The van der Waals surface area contributed by atoms with Gasteiger partial charge in [0.05, 0.1) is 5.69 Å². The highest BCUT2D eigenvalue weighted by molar-refractivity contribution is 5.93. The number of pyridine rings is 1. The van der Waals surface area contributed by atoms with Crippen LogP contribution in [0.3, 0.4) is 0 Å². The van der Waals surface area contributed by atoms with Gasteiger partial charge in [-0.15, -0.1) is 0 Å². The molecule has 4 N–H and O–H groups in total. The van der Waals surface area contributed by atoms with Gasteiger partial charge < -0.3 is 25.1 Å². The van der Waals surface area contributed by atoms with Crippen molar-refractivity contribution in [1.82, 2.24) is 14.9 Å². The van der Waals surface area contributed by atoms with Crippen molar-refractivity contribution in [2.24, 2.45) is 7.05 Å². The van der Waals surface area contributed by atoms with Crippen LogP contribution in [0.5, 0.6) is 5.75 Å².